The van der Waals surface area contributed by atoms with Gasteiger partial charge in [-0.05, 0) is 24.6 Å². The first-order valence-corrected chi connectivity index (χ1v) is 8.11. The number of fused-ring (bicyclic) bond motifs is 1. The molecule has 0 radical (unpaired) electrons. The first kappa shape index (κ1) is 17.5. The van der Waals surface area contributed by atoms with Gasteiger partial charge in [-0.1, -0.05) is 6.92 Å². The van der Waals surface area contributed by atoms with Gasteiger partial charge in [0.05, 0.1) is 27.0 Å². The van der Waals surface area contributed by atoms with Crippen molar-refractivity contribution in [3.63, 3.8) is 0 Å². The molecule has 8 heteroatoms. The number of nitrogen functional groups attached to an aromatic ring is 1. The highest BCUT2D eigenvalue weighted by Crippen LogP contribution is 2.33. The maximum atomic E-state index is 6.09. The summed E-state index contributed by atoms with van der Waals surface area (Å²) >= 11 is 0. The minimum atomic E-state index is 0.223. The third kappa shape index (κ3) is 3.13. The number of anilines is 1. The van der Waals surface area contributed by atoms with E-state index < -0.39 is 0 Å². The van der Waals surface area contributed by atoms with Gasteiger partial charge in [-0.25, -0.2) is 9.97 Å². The molecule has 0 atom stereocenters. The lowest BCUT2D eigenvalue weighted by atomic mass is 10.1. The molecular weight excluding hydrogens is 334 g/mol. The second-order valence-corrected chi connectivity index (χ2v) is 5.45. The van der Waals surface area contributed by atoms with Gasteiger partial charge in [-0.3, -0.25) is 0 Å². The summed E-state index contributed by atoms with van der Waals surface area (Å²) in [4.78, 5) is 8.95. The SMILES string of the molecule is CC/C=C(\OC)c1nc2cc(-c3ccc(OC)cc3OC)nc(N)n2n1. The molecule has 8 nitrogen and oxygen atoms in total. The van der Waals surface area contributed by atoms with Crippen LogP contribution >= 0.6 is 0 Å². The quantitative estimate of drug-likeness (QED) is 0.679. The normalized spacial score (nSPS) is 11.6. The summed E-state index contributed by atoms with van der Waals surface area (Å²) in [5.41, 5.74) is 8.08. The average Bonchev–Trinajstić information content (AvgIpc) is 3.10. The molecule has 0 fully saturated rings. The van der Waals surface area contributed by atoms with Crippen LogP contribution in [0.2, 0.25) is 0 Å². The Morgan fingerprint density at radius 1 is 1.15 bits per heavy atom. The summed E-state index contributed by atoms with van der Waals surface area (Å²) < 4.78 is 17.5. The minimum Gasteiger partial charge on any atom is -0.497 e. The molecule has 2 N–H and O–H groups in total. The highest BCUT2D eigenvalue weighted by molar-refractivity contribution is 5.72. The third-order valence-electron chi connectivity index (χ3n) is 3.86. The van der Waals surface area contributed by atoms with Gasteiger partial charge in [-0.15, -0.1) is 5.10 Å². The van der Waals surface area contributed by atoms with E-state index in [9.17, 15) is 0 Å². The van der Waals surface area contributed by atoms with Crippen LogP contribution in [0.3, 0.4) is 0 Å². The van der Waals surface area contributed by atoms with Crippen LogP contribution in [0.4, 0.5) is 5.95 Å². The van der Waals surface area contributed by atoms with E-state index in [1.165, 1.54) is 4.52 Å². The van der Waals surface area contributed by atoms with Crippen LogP contribution in [0.5, 0.6) is 11.5 Å². The van der Waals surface area contributed by atoms with Gasteiger partial charge in [0.15, 0.2) is 11.4 Å². The molecule has 2 aromatic heterocycles. The molecule has 26 heavy (non-hydrogen) atoms. The van der Waals surface area contributed by atoms with Gasteiger partial charge >= 0.3 is 0 Å². The number of aromatic nitrogens is 4. The highest BCUT2D eigenvalue weighted by atomic mass is 16.5. The van der Waals surface area contributed by atoms with Crippen molar-refractivity contribution in [3.05, 3.63) is 36.2 Å². The largest absolute Gasteiger partial charge is 0.497 e. The number of rotatable bonds is 6. The molecule has 0 aliphatic rings. The standard InChI is InChI=1S/C18H21N5O3/c1-5-6-14(25-3)17-21-16-10-13(20-18(19)23(16)22-17)12-8-7-11(24-2)9-15(12)26-4/h6-10H,5H2,1-4H3,(H2,19,20)/b14-6-. The molecule has 0 unspecified atom stereocenters. The summed E-state index contributed by atoms with van der Waals surface area (Å²) in [5.74, 6) is 2.60. The monoisotopic (exact) mass is 355 g/mol. The fourth-order valence-electron chi connectivity index (χ4n) is 2.62. The van der Waals surface area contributed by atoms with Crippen LogP contribution in [-0.2, 0) is 4.74 Å². The van der Waals surface area contributed by atoms with Crippen LogP contribution in [0.15, 0.2) is 30.3 Å². The third-order valence-corrected chi connectivity index (χ3v) is 3.86. The molecule has 0 bridgehead atoms. The van der Waals surface area contributed by atoms with E-state index in [-0.39, 0.29) is 5.95 Å². The van der Waals surface area contributed by atoms with Crippen LogP contribution < -0.4 is 15.2 Å². The highest BCUT2D eigenvalue weighted by Gasteiger charge is 2.16. The van der Waals surface area contributed by atoms with Crippen molar-refractivity contribution in [2.45, 2.75) is 13.3 Å². The van der Waals surface area contributed by atoms with Gasteiger partial charge in [0.2, 0.25) is 11.8 Å². The smallest absolute Gasteiger partial charge is 0.223 e. The molecular formula is C18H21N5O3. The summed E-state index contributed by atoms with van der Waals surface area (Å²) in [6.45, 7) is 2.01. The van der Waals surface area contributed by atoms with E-state index in [1.54, 1.807) is 33.5 Å². The van der Waals surface area contributed by atoms with Crippen molar-refractivity contribution in [2.24, 2.45) is 0 Å². The van der Waals surface area contributed by atoms with Crippen LogP contribution in [0.25, 0.3) is 22.7 Å². The summed E-state index contributed by atoms with van der Waals surface area (Å²) in [7, 11) is 4.78. The Kier molecular flexibility index (Phi) is 4.92. The Labute approximate surface area is 151 Å². The van der Waals surface area contributed by atoms with E-state index in [0.29, 0.717) is 34.4 Å². The topological polar surface area (TPSA) is 96.8 Å². The zero-order valence-electron chi connectivity index (χ0n) is 15.2. The maximum Gasteiger partial charge on any atom is 0.223 e. The van der Waals surface area contributed by atoms with Gasteiger partial charge in [0.1, 0.15) is 11.5 Å². The maximum absolute atomic E-state index is 6.09. The second kappa shape index (κ2) is 7.30. The summed E-state index contributed by atoms with van der Waals surface area (Å²) in [6, 6.07) is 7.29. The van der Waals surface area contributed by atoms with E-state index in [1.807, 2.05) is 25.1 Å². The number of ether oxygens (including phenoxy) is 3. The second-order valence-electron chi connectivity index (χ2n) is 5.45. The summed E-state index contributed by atoms with van der Waals surface area (Å²) in [6.07, 6.45) is 2.71. The Hall–Kier alpha value is -3.29. The van der Waals surface area contributed by atoms with Gasteiger partial charge < -0.3 is 19.9 Å². The number of allylic oxidation sites excluding steroid dienone is 1. The number of methoxy groups -OCH3 is 3. The zero-order valence-corrected chi connectivity index (χ0v) is 15.2. The van der Waals surface area contributed by atoms with Gasteiger partial charge in [0.25, 0.3) is 0 Å². The molecule has 0 aliphatic heterocycles. The number of nitrogens with zero attached hydrogens (tertiary/aromatic N) is 4. The van der Waals surface area contributed by atoms with Crippen molar-refractivity contribution >= 4 is 17.4 Å². The molecule has 0 saturated carbocycles. The Bertz CT molecular complexity index is 965. The van der Waals surface area contributed by atoms with Crippen molar-refractivity contribution < 1.29 is 14.2 Å². The lowest BCUT2D eigenvalue weighted by Gasteiger charge is -2.10. The first-order valence-electron chi connectivity index (χ1n) is 8.11. The van der Waals surface area contributed by atoms with E-state index in [2.05, 4.69) is 15.1 Å². The molecule has 3 rings (SSSR count). The van der Waals surface area contributed by atoms with Crippen molar-refractivity contribution in [2.75, 3.05) is 27.1 Å². The average molecular weight is 355 g/mol. The fourth-order valence-corrected chi connectivity index (χ4v) is 2.62. The minimum absolute atomic E-state index is 0.223. The van der Waals surface area contributed by atoms with Crippen LogP contribution in [0.1, 0.15) is 19.2 Å². The summed E-state index contributed by atoms with van der Waals surface area (Å²) in [5, 5.41) is 4.38. The number of nitrogens with two attached hydrogens (primary N) is 1. The molecule has 1 aromatic carbocycles. The van der Waals surface area contributed by atoms with E-state index >= 15 is 0 Å². The van der Waals surface area contributed by atoms with E-state index in [0.717, 1.165) is 12.0 Å². The molecule has 0 aliphatic carbocycles. The number of hydrogen-bond donors (Lipinski definition) is 1. The Morgan fingerprint density at radius 3 is 2.62 bits per heavy atom. The van der Waals surface area contributed by atoms with Crippen LogP contribution in [-0.4, -0.2) is 40.9 Å². The van der Waals surface area contributed by atoms with Gasteiger partial charge in [-0.2, -0.15) is 4.52 Å². The lowest BCUT2D eigenvalue weighted by Crippen LogP contribution is -2.04. The van der Waals surface area contributed by atoms with Crippen molar-refractivity contribution in [1.82, 2.24) is 19.6 Å². The molecule has 3 aromatic rings. The van der Waals surface area contributed by atoms with Crippen molar-refractivity contribution in [3.8, 4) is 22.8 Å². The first-order chi connectivity index (χ1) is 12.6. The predicted octanol–water partition coefficient (Wildman–Crippen LogP) is 2.79. The van der Waals surface area contributed by atoms with Crippen molar-refractivity contribution in [1.29, 1.82) is 0 Å². The number of benzene rings is 1. The fraction of sp³-hybridized carbons (Fsp3) is 0.278. The van der Waals surface area contributed by atoms with Gasteiger partial charge in [0, 0.05) is 17.7 Å². The molecule has 0 saturated heterocycles. The predicted molar refractivity (Wildman–Crippen MR) is 99.0 cm³/mol. The Morgan fingerprint density at radius 2 is 1.96 bits per heavy atom. The molecule has 2 heterocycles. The molecule has 0 spiro atoms. The molecule has 136 valence electrons. The van der Waals surface area contributed by atoms with E-state index in [4.69, 9.17) is 19.9 Å². The molecule has 0 amide bonds. The van der Waals surface area contributed by atoms with Crippen LogP contribution in [0, 0.1) is 0 Å². The zero-order chi connectivity index (χ0) is 18.7. The Balaban J connectivity index is 2.13. The number of hydrogen-bond acceptors (Lipinski definition) is 7. The lowest BCUT2D eigenvalue weighted by molar-refractivity contribution is 0.365.